The predicted octanol–water partition coefficient (Wildman–Crippen LogP) is 1.68. The highest BCUT2D eigenvalue weighted by Crippen LogP contribution is 2.19. The van der Waals surface area contributed by atoms with Crippen LogP contribution < -0.4 is 5.43 Å². The lowest BCUT2D eigenvalue weighted by molar-refractivity contribution is 0.117. The molecule has 1 aliphatic heterocycles. The van der Waals surface area contributed by atoms with Crippen LogP contribution in [0.4, 0.5) is 0 Å². The molecule has 0 aromatic carbocycles. The third kappa shape index (κ3) is 3.29. The second-order valence-electron chi connectivity index (χ2n) is 3.77. The van der Waals surface area contributed by atoms with E-state index in [-0.39, 0.29) is 0 Å². The van der Waals surface area contributed by atoms with E-state index in [2.05, 4.69) is 36.9 Å². The molecule has 12 heavy (non-hydrogen) atoms. The van der Waals surface area contributed by atoms with E-state index in [1.54, 1.807) is 0 Å². The van der Waals surface area contributed by atoms with Gasteiger partial charge in [0, 0.05) is 13.1 Å². The van der Waals surface area contributed by atoms with Crippen molar-refractivity contribution in [3.8, 4) is 0 Å². The van der Waals surface area contributed by atoms with Gasteiger partial charge in [0.15, 0.2) is 0 Å². The zero-order chi connectivity index (χ0) is 9.14. The maximum Gasteiger partial charge on any atom is 0.145 e. The number of piperidine rings is 1. The van der Waals surface area contributed by atoms with Crippen LogP contribution in [0.5, 0.6) is 0 Å². The lowest BCUT2D eigenvalue weighted by atomic mass is 9.93. The fraction of sp³-hybridized carbons (Fsp3) is 0.875. The van der Waals surface area contributed by atoms with Gasteiger partial charge in [-0.05, 0) is 18.3 Å². The zero-order valence-corrected chi connectivity index (χ0v) is 9.29. The highest BCUT2D eigenvalue weighted by atomic mass is 32.1. The van der Waals surface area contributed by atoms with Crippen molar-refractivity contribution < 1.29 is 0 Å². The first-order valence-electron chi connectivity index (χ1n) is 4.32. The molecule has 1 saturated heterocycles. The van der Waals surface area contributed by atoms with Gasteiger partial charge < -0.3 is 5.43 Å². The fourth-order valence-electron chi connectivity index (χ4n) is 1.89. The molecule has 0 amide bonds. The number of hydrogen-bond donors (Lipinski definition) is 2. The predicted molar refractivity (Wildman–Crippen MR) is 59.2 cm³/mol. The first-order valence-corrected chi connectivity index (χ1v) is 5.18. The quantitative estimate of drug-likeness (QED) is 0.499. The Hall–Kier alpha value is 0.200. The summed E-state index contributed by atoms with van der Waals surface area (Å²) >= 11 is 8.91. The van der Waals surface area contributed by atoms with Gasteiger partial charge in [0.2, 0.25) is 0 Å². The summed E-state index contributed by atoms with van der Waals surface area (Å²) in [4.78, 5) is 0. The molecule has 4 heteroatoms. The molecule has 0 spiro atoms. The molecule has 1 N–H and O–H groups in total. The first-order chi connectivity index (χ1) is 5.58. The molecule has 1 fully saturated rings. The second kappa shape index (κ2) is 4.44. The minimum Gasteiger partial charge on any atom is -0.304 e. The molecule has 2 unspecified atom stereocenters. The van der Waals surface area contributed by atoms with Crippen LogP contribution in [0.3, 0.4) is 0 Å². The first kappa shape index (κ1) is 10.3. The van der Waals surface area contributed by atoms with Crippen molar-refractivity contribution in [3.05, 3.63) is 0 Å². The van der Waals surface area contributed by atoms with E-state index in [1.807, 2.05) is 0 Å². The third-order valence-corrected chi connectivity index (χ3v) is 2.31. The molecule has 2 nitrogen and oxygen atoms in total. The van der Waals surface area contributed by atoms with E-state index >= 15 is 0 Å². The van der Waals surface area contributed by atoms with E-state index in [0.717, 1.165) is 24.9 Å². The van der Waals surface area contributed by atoms with Crippen LogP contribution >= 0.6 is 24.8 Å². The van der Waals surface area contributed by atoms with Crippen molar-refractivity contribution in [1.82, 2.24) is 10.4 Å². The molecule has 0 aliphatic carbocycles. The average Bonchev–Trinajstić information content (AvgIpc) is 1.81. The van der Waals surface area contributed by atoms with Crippen molar-refractivity contribution in [1.29, 1.82) is 0 Å². The van der Waals surface area contributed by atoms with E-state index in [4.69, 9.17) is 12.2 Å². The molecule has 0 aromatic rings. The standard InChI is InChI=1S/C8H16N2S2/c1-6-3-7(2)5-10(4-6)9-8(11)12/h6-7H,3-5H2,1-2H3,(H2,9,11,12). The molecular weight excluding hydrogens is 188 g/mol. The van der Waals surface area contributed by atoms with Gasteiger partial charge >= 0.3 is 0 Å². The van der Waals surface area contributed by atoms with Crippen LogP contribution in [-0.4, -0.2) is 22.4 Å². The van der Waals surface area contributed by atoms with E-state index in [1.165, 1.54) is 6.42 Å². The smallest absolute Gasteiger partial charge is 0.145 e. The monoisotopic (exact) mass is 204 g/mol. The number of hydrogen-bond acceptors (Lipinski definition) is 2. The van der Waals surface area contributed by atoms with E-state index < -0.39 is 0 Å². The van der Waals surface area contributed by atoms with Crippen molar-refractivity contribution in [2.24, 2.45) is 11.8 Å². The maximum atomic E-state index is 4.87. The summed E-state index contributed by atoms with van der Waals surface area (Å²) in [6, 6.07) is 0. The summed E-state index contributed by atoms with van der Waals surface area (Å²) in [5, 5.41) is 2.16. The topological polar surface area (TPSA) is 15.3 Å². The Labute approximate surface area is 85.1 Å². The molecule has 0 aromatic heterocycles. The summed E-state index contributed by atoms with van der Waals surface area (Å²) < 4.78 is 0.566. The number of rotatable bonds is 1. The minimum atomic E-state index is 0.566. The van der Waals surface area contributed by atoms with Crippen LogP contribution in [0, 0.1) is 11.8 Å². The Kier molecular flexibility index (Phi) is 3.80. The molecule has 70 valence electrons. The van der Waals surface area contributed by atoms with Gasteiger partial charge in [-0.3, -0.25) is 0 Å². The third-order valence-electron chi connectivity index (χ3n) is 2.12. The van der Waals surface area contributed by atoms with Gasteiger partial charge in [0.1, 0.15) is 4.32 Å². The van der Waals surface area contributed by atoms with Gasteiger partial charge in [-0.25, -0.2) is 5.01 Å². The maximum absolute atomic E-state index is 4.87. The van der Waals surface area contributed by atoms with E-state index in [9.17, 15) is 0 Å². The Bertz CT molecular complexity index is 162. The number of hydrazine groups is 1. The van der Waals surface area contributed by atoms with E-state index in [0.29, 0.717) is 4.32 Å². The number of nitrogens with zero attached hydrogens (tertiary/aromatic N) is 1. The summed E-state index contributed by atoms with van der Waals surface area (Å²) in [6.07, 6.45) is 1.32. The Morgan fingerprint density at radius 3 is 2.33 bits per heavy atom. The van der Waals surface area contributed by atoms with Gasteiger partial charge in [-0.15, -0.1) is 12.6 Å². The van der Waals surface area contributed by atoms with Crippen LogP contribution in [0.25, 0.3) is 0 Å². The zero-order valence-electron chi connectivity index (χ0n) is 7.58. The van der Waals surface area contributed by atoms with Crippen molar-refractivity contribution >= 4 is 29.2 Å². The summed E-state index contributed by atoms with van der Waals surface area (Å²) in [5.41, 5.74) is 3.07. The van der Waals surface area contributed by atoms with Crippen molar-refractivity contribution in [2.75, 3.05) is 13.1 Å². The van der Waals surface area contributed by atoms with Crippen LogP contribution in [0.1, 0.15) is 20.3 Å². The summed E-state index contributed by atoms with van der Waals surface area (Å²) in [7, 11) is 0. The molecule has 0 radical (unpaired) electrons. The SMILES string of the molecule is CC1CC(C)CN(NC(=S)S)C1. The van der Waals surface area contributed by atoms with Gasteiger partial charge in [-0.1, -0.05) is 26.1 Å². The van der Waals surface area contributed by atoms with Crippen LogP contribution in [0.2, 0.25) is 0 Å². The molecule has 1 aliphatic rings. The molecule has 0 bridgehead atoms. The molecule has 2 atom stereocenters. The largest absolute Gasteiger partial charge is 0.304 e. The normalized spacial score (nSPS) is 31.6. The molecule has 0 saturated carbocycles. The second-order valence-corrected chi connectivity index (χ2v) is 4.93. The van der Waals surface area contributed by atoms with Crippen LogP contribution in [0.15, 0.2) is 0 Å². The van der Waals surface area contributed by atoms with Crippen LogP contribution in [-0.2, 0) is 0 Å². The lowest BCUT2D eigenvalue weighted by Gasteiger charge is -2.34. The van der Waals surface area contributed by atoms with Gasteiger partial charge in [0.25, 0.3) is 0 Å². The average molecular weight is 204 g/mol. The van der Waals surface area contributed by atoms with Gasteiger partial charge in [0.05, 0.1) is 0 Å². The lowest BCUT2D eigenvalue weighted by Crippen LogP contribution is -2.48. The van der Waals surface area contributed by atoms with Crippen molar-refractivity contribution in [2.45, 2.75) is 20.3 Å². The molecular formula is C8H16N2S2. The molecule has 1 rings (SSSR count). The number of thiol groups is 1. The minimum absolute atomic E-state index is 0.566. The van der Waals surface area contributed by atoms with Gasteiger partial charge in [-0.2, -0.15) is 0 Å². The Morgan fingerprint density at radius 1 is 1.42 bits per heavy atom. The number of nitrogens with one attached hydrogen (secondary N) is 1. The highest BCUT2D eigenvalue weighted by molar-refractivity contribution is 8.11. The number of thiocarbonyl (C=S) groups is 1. The van der Waals surface area contributed by atoms with Crippen molar-refractivity contribution in [3.63, 3.8) is 0 Å². The fourth-order valence-corrected chi connectivity index (χ4v) is 2.16. The summed E-state index contributed by atoms with van der Waals surface area (Å²) in [6.45, 7) is 6.69. The Balaban J connectivity index is 2.38. The highest BCUT2D eigenvalue weighted by Gasteiger charge is 2.21. The Morgan fingerprint density at radius 2 is 1.92 bits per heavy atom. The molecule has 1 heterocycles. The summed E-state index contributed by atoms with van der Waals surface area (Å²) in [5.74, 6) is 1.51.